The van der Waals surface area contributed by atoms with Gasteiger partial charge in [0, 0.05) is 18.2 Å². The van der Waals surface area contributed by atoms with E-state index in [9.17, 15) is 4.79 Å². The number of pyridine rings is 1. The van der Waals surface area contributed by atoms with Crippen LogP contribution >= 0.6 is 0 Å². The van der Waals surface area contributed by atoms with E-state index in [2.05, 4.69) is 5.32 Å². The summed E-state index contributed by atoms with van der Waals surface area (Å²) in [6.07, 6.45) is 8.64. The van der Waals surface area contributed by atoms with Gasteiger partial charge in [-0.05, 0) is 43.0 Å². The molecule has 5 nitrogen and oxygen atoms in total. The molecule has 5 heteroatoms. The van der Waals surface area contributed by atoms with E-state index in [1.165, 1.54) is 25.7 Å². The number of carbonyl (C=O) groups excluding carboxylic acids is 1. The van der Waals surface area contributed by atoms with Gasteiger partial charge in [-0.2, -0.15) is 0 Å². The summed E-state index contributed by atoms with van der Waals surface area (Å²) in [4.78, 5) is 17.5. The van der Waals surface area contributed by atoms with Gasteiger partial charge in [0.05, 0.1) is 7.11 Å². The predicted octanol–water partition coefficient (Wildman–Crippen LogP) is 5.23. The molecule has 0 atom stereocenters. The van der Waals surface area contributed by atoms with Crippen LogP contribution in [0.3, 0.4) is 0 Å². The van der Waals surface area contributed by atoms with E-state index in [1.54, 1.807) is 7.11 Å². The van der Waals surface area contributed by atoms with Gasteiger partial charge in [-0.1, -0.05) is 43.9 Å². The van der Waals surface area contributed by atoms with E-state index in [0.717, 1.165) is 34.6 Å². The number of benzene rings is 1. The van der Waals surface area contributed by atoms with Crippen molar-refractivity contribution in [1.29, 1.82) is 0 Å². The Kier molecular flexibility index (Phi) is 5.33. The van der Waals surface area contributed by atoms with E-state index >= 15 is 0 Å². The molecule has 1 saturated carbocycles. The highest BCUT2D eigenvalue weighted by atomic mass is 16.5. The summed E-state index contributed by atoms with van der Waals surface area (Å²) in [6.45, 7) is 2.04. The van der Waals surface area contributed by atoms with E-state index in [-0.39, 0.29) is 5.91 Å². The Bertz CT molecular complexity index is 987. The van der Waals surface area contributed by atoms with Gasteiger partial charge in [-0.25, -0.2) is 4.98 Å². The van der Waals surface area contributed by atoms with Crippen molar-refractivity contribution in [2.45, 2.75) is 45.4 Å². The first-order valence-electron chi connectivity index (χ1n) is 10.1. The van der Waals surface area contributed by atoms with Crippen molar-refractivity contribution < 1.29 is 9.53 Å². The largest absolute Gasteiger partial charge is 0.496 e. The standard InChI is InChI=1S/C23H27N3O2/c1-16-11-13-20-24-22(18-9-5-6-10-19(18)28-2)23(26(20)15-16)25-21(27)14-12-17-7-3-4-8-17/h5-6,9-11,13,15,17H,3-4,7-8,12,14H2,1-2H3,(H,25,27). The molecule has 4 rings (SSSR count). The second kappa shape index (κ2) is 8.05. The quantitative estimate of drug-likeness (QED) is 0.640. The number of hydrogen-bond acceptors (Lipinski definition) is 3. The van der Waals surface area contributed by atoms with Crippen LogP contribution in [0.25, 0.3) is 16.9 Å². The van der Waals surface area contributed by atoms with Crippen molar-refractivity contribution in [1.82, 2.24) is 9.38 Å². The van der Waals surface area contributed by atoms with E-state index in [0.29, 0.717) is 18.2 Å². The topological polar surface area (TPSA) is 55.6 Å². The Balaban J connectivity index is 1.68. The van der Waals surface area contributed by atoms with Crippen LogP contribution in [0.1, 0.15) is 44.1 Å². The highest BCUT2D eigenvalue weighted by Gasteiger charge is 2.21. The Morgan fingerprint density at radius 3 is 2.79 bits per heavy atom. The number of amides is 1. The molecule has 146 valence electrons. The molecule has 1 aliphatic rings. The first-order valence-corrected chi connectivity index (χ1v) is 10.1. The van der Waals surface area contributed by atoms with Crippen LogP contribution in [-0.2, 0) is 4.79 Å². The second-order valence-corrected chi connectivity index (χ2v) is 7.68. The Hall–Kier alpha value is -2.82. The third-order valence-corrected chi connectivity index (χ3v) is 5.64. The van der Waals surface area contributed by atoms with Crippen molar-refractivity contribution in [2.75, 3.05) is 12.4 Å². The normalized spacial score (nSPS) is 14.5. The number of hydrogen-bond donors (Lipinski definition) is 1. The minimum absolute atomic E-state index is 0.0476. The number of para-hydroxylation sites is 1. The molecule has 1 aromatic carbocycles. The average molecular weight is 377 g/mol. The molecular formula is C23H27N3O2. The lowest BCUT2D eigenvalue weighted by molar-refractivity contribution is -0.116. The highest BCUT2D eigenvalue weighted by Crippen LogP contribution is 2.35. The lowest BCUT2D eigenvalue weighted by atomic mass is 10.0. The molecule has 0 saturated heterocycles. The number of anilines is 1. The zero-order valence-electron chi connectivity index (χ0n) is 16.6. The van der Waals surface area contributed by atoms with Crippen molar-refractivity contribution in [2.24, 2.45) is 5.92 Å². The fraction of sp³-hybridized carbons (Fsp3) is 0.391. The van der Waals surface area contributed by atoms with Gasteiger partial charge in [0.1, 0.15) is 22.9 Å². The van der Waals surface area contributed by atoms with Gasteiger partial charge in [0.15, 0.2) is 0 Å². The van der Waals surface area contributed by atoms with Crippen LogP contribution in [-0.4, -0.2) is 22.4 Å². The molecular weight excluding hydrogens is 350 g/mol. The Labute approximate surface area is 165 Å². The molecule has 0 bridgehead atoms. The lowest BCUT2D eigenvalue weighted by Crippen LogP contribution is -2.15. The van der Waals surface area contributed by atoms with E-state index < -0.39 is 0 Å². The molecule has 1 amide bonds. The summed E-state index contributed by atoms with van der Waals surface area (Å²) in [6, 6.07) is 11.8. The van der Waals surface area contributed by atoms with E-state index in [1.807, 2.05) is 53.9 Å². The average Bonchev–Trinajstić information content (AvgIpc) is 3.35. The number of aryl methyl sites for hydroxylation is 1. The minimum atomic E-state index is 0.0476. The smallest absolute Gasteiger partial charge is 0.225 e. The summed E-state index contributed by atoms with van der Waals surface area (Å²) < 4.78 is 7.50. The molecule has 0 aliphatic heterocycles. The second-order valence-electron chi connectivity index (χ2n) is 7.68. The number of nitrogens with one attached hydrogen (secondary N) is 1. The molecule has 0 unspecified atom stereocenters. The first-order chi connectivity index (χ1) is 13.7. The summed E-state index contributed by atoms with van der Waals surface area (Å²) in [7, 11) is 1.65. The number of imidazole rings is 1. The van der Waals surface area contributed by atoms with E-state index in [4.69, 9.17) is 9.72 Å². The SMILES string of the molecule is COc1ccccc1-c1nc2ccc(C)cn2c1NC(=O)CCC1CCCC1. The molecule has 0 spiro atoms. The number of fused-ring (bicyclic) bond motifs is 1. The van der Waals surface area contributed by atoms with Gasteiger partial charge in [-0.3, -0.25) is 9.20 Å². The van der Waals surface area contributed by atoms with Crippen LogP contribution in [0.4, 0.5) is 5.82 Å². The fourth-order valence-corrected chi connectivity index (χ4v) is 4.13. The van der Waals surface area contributed by atoms with Crippen molar-refractivity contribution in [3.05, 3.63) is 48.2 Å². The maximum absolute atomic E-state index is 12.8. The zero-order valence-corrected chi connectivity index (χ0v) is 16.6. The predicted molar refractivity (Wildman–Crippen MR) is 112 cm³/mol. The summed E-state index contributed by atoms with van der Waals surface area (Å²) in [5.41, 5.74) is 3.52. The van der Waals surface area contributed by atoms with Crippen LogP contribution in [0, 0.1) is 12.8 Å². The Morgan fingerprint density at radius 1 is 1.21 bits per heavy atom. The van der Waals surface area contributed by atoms with Crippen LogP contribution in [0.2, 0.25) is 0 Å². The Morgan fingerprint density at radius 2 is 2.00 bits per heavy atom. The summed E-state index contributed by atoms with van der Waals surface area (Å²) in [5.74, 6) is 2.19. The molecule has 28 heavy (non-hydrogen) atoms. The summed E-state index contributed by atoms with van der Waals surface area (Å²) >= 11 is 0. The van der Waals surface area contributed by atoms with Gasteiger partial charge >= 0.3 is 0 Å². The van der Waals surface area contributed by atoms with Crippen LogP contribution in [0.15, 0.2) is 42.6 Å². The fourth-order valence-electron chi connectivity index (χ4n) is 4.13. The number of methoxy groups -OCH3 is 1. The molecule has 3 aromatic rings. The molecule has 1 aliphatic carbocycles. The molecule has 2 heterocycles. The van der Waals surface area contributed by atoms with Gasteiger partial charge < -0.3 is 10.1 Å². The number of carbonyl (C=O) groups is 1. The van der Waals surface area contributed by atoms with Gasteiger partial charge in [-0.15, -0.1) is 0 Å². The van der Waals surface area contributed by atoms with Crippen molar-refractivity contribution in [3.8, 4) is 17.0 Å². The van der Waals surface area contributed by atoms with Crippen molar-refractivity contribution in [3.63, 3.8) is 0 Å². The monoisotopic (exact) mass is 377 g/mol. The third-order valence-electron chi connectivity index (χ3n) is 5.64. The lowest BCUT2D eigenvalue weighted by Gasteiger charge is -2.12. The number of aromatic nitrogens is 2. The van der Waals surface area contributed by atoms with Crippen LogP contribution in [0.5, 0.6) is 5.75 Å². The number of nitrogens with zero attached hydrogens (tertiary/aromatic N) is 2. The maximum Gasteiger partial charge on any atom is 0.225 e. The molecule has 1 N–H and O–H groups in total. The first kappa shape index (κ1) is 18.5. The molecule has 0 radical (unpaired) electrons. The number of rotatable bonds is 6. The molecule has 2 aromatic heterocycles. The maximum atomic E-state index is 12.8. The highest BCUT2D eigenvalue weighted by molar-refractivity contribution is 5.95. The third kappa shape index (κ3) is 3.75. The number of ether oxygens (including phenoxy) is 1. The summed E-state index contributed by atoms with van der Waals surface area (Å²) in [5, 5.41) is 3.14. The van der Waals surface area contributed by atoms with Crippen molar-refractivity contribution >= 4 is 17.4 Å². The zero-order chi connectivity index (χ0) is 19.5. The minimum Gasteiger partial charge on any atom is -0.496 e. The van der Waals surface area contributed by atoms with Gasteiger partial charge in [0.2, 0.25) is 5.91 Å². The molecule has 1 fully saturated rings. The van der Waals surface area contributed by atoms with Gasteiger partial charge in [0.25, 0.3) is 0 Å². The van der Waals surface area contributed by atoms with Crippen LogP contribution < -0.4 is 10.1 Å².